The van der Waals surface area contributed by atoms with E-state index in [-0.39, 0.29) is 18.2 Å². The van der Waals surface area contributed by atoms with Gasteiger partial charge in [-0.3, -0.25) is 4.79 Å². The Morgan fingerprint density at radius 1 is 1.19 bits per heavy atom. The zero-order valence-electron chi connectivity index (χ0n) is 11.8. The third kappa shape index (κ3) is 2.49. The summed E-state index contributed by atoms with van der Waals surface area (Å²) in [4.78, 5) is 14.1. The van der Waals surface area contributed by atoms with Gasteiger partial charge in [0.15, 0.2) is 11.6 Å². The fourth-order valence-corrected chi connectivity index (χ4v) is 2.67. The summed E-state index contributed by atoms with van der Waals surface area (Å²) in [5.41, 5.74) is 2.25. The van der Waals surface area contributed by atoms with Crippen LogP contribution in [-0.4, -0.2) is 24.5 Å². The van der Waals surface area contributed by atoms with E-state index in [4.69, 9.17) is 4.74 Å². The van der Waals surface area contributed by atoms with Crippen molar-refractivity contribution in [3.63, 3.8) is 0 Å². The van der Waals surface area contributed by atoms with Gasteiger partial charge in [-0.05, 0) is 24.1 Å². The van der Waals surface area contributed by atoms with Crippen molar-refractivity contribution >= 4 is 5.91 Å². The van der Waals surface area contributed by atoms with Gasteiger partial charge in [-0.25, -0.2) is 4.39 Å². The summed E-state index contributed by atoms with van der Waals surface area (Å²) in [5, 5.41) is 0. The van der Waals surface area contributed by atoms with Crippen molar-refractivity contribution in [2.75, 3.05) is 13.7 Å². The molecule has 0 fully saturated rings. The first-order valence-corrected chi connectivity index (χ1v) is 6.89. The van der Waals surface area contributed by atoms with Crippen LogP contribution in [0.15, 0.2) is 42.5 Å². The molecule has 3 nitrogen and oxygen atoms in total. The summed E-state index contributed by atoms with van der Waals surface area (Å²) in [5.74, 6) is -0.233. The normalized spacial score (nSPS) is 14.0. The van der Waals surface area contributed by atoms with Crippen molar-refractivity contribution in [1.82, 2.24) is 4.90 Å². The van der Waals surface area contributed by atoms with Crippen molar-refractivity contribution in [2.24, 2.45) is 0 Å². The highest BCUT2D eigenvalue weighted by molar-refractivity contribution is 5.96. The van der Waals surface area contributed by atoms with E-state index < -0.39 is 5.82 Å². The molecule has 21 heavy (non-hydrogen) atoms. The predicted molar refractivity (Wildman–Crippen MR) is 77.8 cm³/mol. The molecule has 0 radical (unpaired) electrons. The molecule has 2 aromatic carbocycles. The predicted octanol–water partition coefficient (Wildman–Crippen LogP) is 3.03. The summed E-state index contributed by atoms with van der Waals surface area (Å²) in [6, 6.07) is 12.6. The molecular formula is C17H16FNO2. The fraction of sp³-hybridized carbons (Fsp3) is 0.235. The van der Waals surface area contributed by atoms with E-state index >= 15 is 0 Å². The SMILES string of the molecule is COc1cccc(CN2CCc3ccccc3C2=O)c1F. The number of amides is 1. The standard InChI is InChI=1S/C17H16FNO2/c1-21-15-8-4-6-13(16(15)18)11-19-10-9-12-5-2-3-7-14(12)17(19)20/h2-8H,9-11H2,1H3. The van der Waals surface area contributed by atoms with Crippen LogP contribution in [0.2, 0.25) is 0 Å². The second-order valence-electron chi connectivity index (χ2n) is 5.07. The van der Waals surface area contributed by atoms with Gasteiger partial charge in [0, 0.05) is 24.2 Å². The zero-order chi connectivity index (χ0) is 14.8. The Morgan fingerprint density at radius 3 is 2.81 bits per heavy atom. The maximum absolute atomic E-state index is 14.2. The van der Waals surface area contributed by atoms with E-state index in [0.29, 0.717) is 17.7 Å². The maximum Gasteiger partial charge on any atom is 0.254 e. The lowest BCUT2D eigenvalue weighted by molar-refractivity contribution is 0.0725. The average molecular weight is 285 g/mol. The second-order valence-corrected chi connectivity index (χ2v) is 5.07. The Bertz CT molecular complexity index is 684. The Kier molecular flexibility index (Phi) is 3.60. The number of carbonyl (C=O) groups excluding carboxylic acids is 1. The van der Waals surface area contributed by atoms with Crippen molar-refractivity contribution in [3.8, 4) is 5.75 Å². The smallest absolute Gasteiger partial charge is 0.254 e. The summed E-state index contributed by atoms with van der Waals surface area (Å²) in [6.45, 7) is 0.864. The molecule has 0 bridgehead atoms. The van der Waals surface area contributed by atoms with Gasteiger partial charge >= 0.3 is 0 Å². The lowest BCUT2D eigenvalue weighted by Gasteiger charge is -2.28. The molecule has 2 aromatic rings. The number of rotatable bonds is 3. The second kappa shape index (κ2) is 5.56. The molecule has 0 aromatic heterocycles. The molecule has 1 heterocycles. The molecule has 0 saturated heterocycles. The lowest BCUT2D eigenvalue weighted by atomic mass is 9.98. The number of halogens is 1. The number of carbonyl (C=O) groups is 1. The Morgan fingerprint density at radius 2 is 2.00 bits per heavy atom. The maximum atomic E-state index is 14.2. The summed E-state index contributed by atoms with van der Waals surface area (Å²) >= 11 is 0. The van der Waals surface area contributed by atoms with Crippen LogP contribution in [-0.2, 0) is 13.0 Å². The van der Waals surface area contributed by atoms with E-state index in [0.717, 1.165) is 12.0 Å². The topological polar surface area (TPSA) is 29.5 Å². The third-order valence-corrected chi connectivity index (χ3v) is 3.81. The molecule has 0 spiro atoms. The molecular weight excluding hydrogens is 269 g/mol. The van der Waals surface area contributed by atoms with E-state index in [1.807, 2.05) is 24.3 Å². The molecule has 0 aliphatic carbocycles. The number of benzene rings is 2. The Labute approximate surface area is 123 Å². The Balaban J connectivity index is 1.86. The molecule has 1 amide bonds. The van der Waals surface area contributed by atoms with Crippen LogP contribution >= 0.6 is 0 Å². The minimum atomic E-state index is -0.397. The molecule has 0 saturated carbocycles. The first kappa shape index (κ1) is 13.6. The number of hydrogen-bond donors (Lipinski definition) is 0. The molecule has 4 heteroatoms. The highest BCUT2D eigenvalue weighted by atomic mass is 19.1. The van der Waals surface area contributed by atoms with Gasteiger partial charge in [-0.1, -0.05) is 30.3 Å². The van der Waals surface area contributed by atoms with Crippen LogP contribution in [0.25, 0.3) is 0 Å². The number of fused-ring (bicyclic) bond motifs is 1. The van der Waals surface area contributed by atoms with E-state index in [2.05, 4.69) is 0 Å². The Hall–Kier alpha value is -2.36. The van der Waals surface area contributed by atoms with E-state index in [1.54, 1.807) is 23.1 Å². The highest BCUT2D eigenvalue weighted by Gasteiger charge is 2.24. The minimum absolute atomic E-state index is 0.0425. The van der Waals surface area contributed by atoms with Gasteiger partial charge < -0.3 is 9.64 Å². The number of methoxy groups -OCH3 is 1. The van der Waals surface area contributed by atoms with Crippen LogP contribution in [0.1, 0.15) is 21.5 Å². The zero-order valence-corrected chi connectivity index (χ0v) is 11.8. The number of hydrogen-bond acceptors (Lipinski definition) is 2. The number of ether oxygens (including phenoxy) is 1. The molecule has 0 N–H and O–H groups in total. The average Bonchev–Trinajstić information content (AvgIpc) is 2.52. The molecule has 1 aliphatic heterocycles. The molecule has 0 unspecified atom stereocenters. The monoisotopic (exact) mass is 285 g/mol. The fourth-order valence-electron chi connectivity index (χ4n) is 2.67. The van der Waals surface area contributed by atoms with Crippen LogP contribution in [0.4, 0.5) is 4.39 Å². The third-order valence-electron chi connectivity index (χ3n) is 3.81. The van der Waals surface area contributed by atoms with Gasteiger partial charge in [0.1, 0.15) is 0 Å². The first-order valence-electron chi connectivity index (χ1n) is 6.89. The van der Waals surface area contributed by atoms with Crippen LogP contribution in [0.5, 0.6) is 5.75 Å². The largest absolute Gasteiger partial charge is 0.494 e. The quantitative estimate of drug-likeness (QED) is 0.867. The van der Waals surface area contributed by atoms with Gasteiger partial charge in [-0.2, -0.15) is 0 Å². The van der Waals surface area contributed by atoms with Crippen molar-refractivity contribution in [3.05, 3.63) is 65.0 Å². The summed E-state index contributed by atoms with van der Waals surface area (Å²) < 4.78 is 19.2. The molecule has 108 valence electrons. The van der Waals surface area contributed by atoms with Crippen molar-refractivity contribution in [2.45, 2.75) is 13.0 Å². The summed E-state index contributed by atoms with van der Waals surface area (Å²) in [6.07, 6.45) is 0.799. The minimum Gasteiger partial charge on any atom is -0.494 e. The molecule has 1 aliphatic rings. The number of nitrogens with zero attached hydrogens (tertiary/aromatic N) is 1. The van der Waals surface area contributed by atoms with E-state index in [1.165, 1.54) is 7.11 Å². The van der Waals surface area contributed by atoms with Gasteiger partial charge in [-0.15, -0.1) is 0 Å². The van der Waals surface area contributed by atoms with Gasteiger partial charge in [0.25, 0.3) is 5.91 Å². The molecule has 0 atom stereocenters. The van der Waals surface area contributed by atoms with Crippen LogP contribution in [0.3, 0.4) is 0 Å². The summed E-state index contributed by atoms with van der Waals surface area (Å²) in [7, 11) is 1.44. The van der Waals surface area contributed by atoms with Crippen LogP contribution < -0.4 is 4.74 Å². The van der Waals surface area contributed by atoms with Gasteiger partial charge in [0.05, 0.1) is 7.11 Å². The molecule has 3 rings (SSSR count). The lowest BCUT2D eigenvalue weighted by Crippen LogP contribution is -2.37. The van der Waals surface area contributed by atoms with Crippen molar-refractivity contribution in [1.29, 1.82) is 0 Å². The van der Waals surface area contributed by atoms with Crippen molar-refractivity contribution < 1.29 is 13.9 Å². The van der Waals surface area contributed by atoms with Crippen LogP contribution in [0, 0.1) is 5.82 Å². The highest BCUT2D eigenvalue weighted by Crippen LogP contribution is 2.24. The van der Waals surface area contributed by atoms with Gasteiger partial charge in [0.2, 0.25) is 0 Å². The first-order chi connectivity index (χ1) is 10.2. The van der Waals surface area contributed by atoms with E-state index in [9.17, 15) is 9.18 Å².